The lowest BCUT2D eigenvalue weighted by Gasteiger charge is -2.24. The Bertz CT molecular complexity index is 621. The molecule has 144 valence electrons. The molecule has 0 unspecified atom stereocenters. The summed E-state index contributed by atoms with van der Waals surface area (Å²) in [7, 11) is 1.48. The van der Waals surface area contributed by atoms with Crippen molar-refractivity contribution >= 4 is 28.8 Å². The predicted molar refractivity (Wildman–Crippen MR) is 97.2 cm³/mol. The van der Waals surface area contributed by atoms with Gasteiger partial charge in [-0.15, -0.1) is 0 Å². The molecule has 1 atom stereocenters. The molecule has 1 aromatic rings. The normalized spacial score (nSPS) is 20.8. The van der Waals surface area contributed by atoms with Gasteiger partial charge in [-0.2, -0.15) is 0 Å². The van der Waals surface area contributed by atoms with E-state index in [1.165, 1.54) is 19.2 Å². The average molecular weight is 388 g/mol. The molecule has 0 aliphatic carbocycles. The van der Waals surface area contributed by atoms with Crippen LogP contribution in [0.15, 0.2) is 12.1 Å². The SMILES string of the molecule is COC(=S)NC[C@H]1CN(c2cc(F)c(N3CCNOCC3)c(F)c2)CO1. The largest absolute Gasteiger partial charge is 0.474 e. The summed E-state index contributed by atoms with van der Waals surface area (Å²) in [6.45, 7) is 2.96. The molecule has 0 saturated carbocycles. The van der Waals surface area contributed by atoms with E-state index < -0.39 is 11.6 Å². The van der Waals surface area contributed by atoms with E-state index >= 15 is 0 Å². The maximum Gasteiger partial charge on any atom is 0.256 e. The summed E-state index contributed by atoms with van der Waals surface area (Å²) in [6.07, 6.45) is -0.150. The van der Waals surface area contributed by atoms with E-state index in [1.807, 2.05) is 0 Å². The number of benzene rings is 1. The van der Waals surface area contributed by atoms with E-state index in [0.717, 1.165) is 0 Å². The molecular formula is C16H22F2N4O3S. The van der Waals surface area contributed by atoms with Gasteiger partial charge in [-0.1, -0.05) is 0 Å². The quantitative estimate of drug-likeness (QED) is 0.741. The zero-order valence-electron chi connectivity index (χ0n) is 14.5. The summed E-state index contributed by atoms with van der Waals surface area (Å²) in [5.74, 6) is -1.19. The molecule has 2 aliphatic heterocycles. The first-order valence-electron chi connectivity index (χ1n) is 8.35. The van der Waals surface area contributed by atoms with Crippen molar-refractivity contribution in [1.82, 2.24) is 10.8 Å². The summed E-state index contributed by atoms with van der Waals surface area (Å²) in [5.41, 5.74) is 3.16. The van der Waals surface area contributed by atoms with Gasteiger partial charge in [-0.3, -0.25) is 4.84 Å². The molecule has 2 N–H and O–H groups in total. The van der Waals surface area contributed by atoms with Crippen LogP contribution < -0.4 is 20.6 Å². The number of ether oxygens (including phenoxy) is 2. The molecule has 0 amide bonds. The molecular weight excluding hydrogens is 366 g/mol. The summed E-state index contributed by atoms with van der Waals surface area (Å²) >= 11 is 4.91. The zero-order chi connectivity index (χ0) is 18.5. The van der Waals surface area contributed by atoms with Crippen molar-refractivity contribution in [1.29, 1.82) is 0 Å². The molecule has 3 rings (SSSR count). The summed E-state index contributed by atoms with van der Waals surface area (Å²) in [6, 6.07) is 2.69. The monoisotopic (exact) mass is 388 g/mol. The van der Waals surface area contributed by atoms with Crippen molar-refractivity contribution in [3.05, 3.63) is 23.8 Å². The lowest BCUT2D eigenvalue weighted by atomic mass is 10.2. The minimum absolute atomic E-state index is 0.0233. The average Bonchev–Trinajstić information content (AvgIpc) is 2.95. The highest BCUT2D eigenvalue weighted by molar-refractivity contribution is 7.80. The first kappa shape index (κ1) is 19.0. The van der Waals surface area contributed by atoms with Gasteiger partial charge in [0.05, 0.1) is 19.8 Å². The van der Waals surface area contributed by atoms with Gasteiger partial charge in [0.25, 0.3) is 5.17 Å². The number of hydrogen-bond acceptors (Lipinski definition) is 7. The van der Waals surface area contributed by atoms with Crippen LogP contribution in [-0.2, 0) is 14.3 Å². The van der Waals surface area contributed by atoms with Gasteiger partial charge in [-0.25, -0.2) is 14.3 Å². The molecule has 0 bridgehead atoms. The summed E-state index contributed by atoms with van der Waals surface area (Å²) in [4.78, 5) is 8.53. The fraction of sp³-hybridized carbons (Fsp3) is 0.562. The molecule has 1 aromatic carbocycles. The third kappa shape index (κ3) is 4.50. The Hall–Kier alpha value is -1.75. The number of rotatable bonds is 4. The Labute approximate surface area is 156 Å². The fourth-order valence-corrected chi connectivity index (χ4v) is 3.06. The van der Waals surface area contributed by atoms with Crippen LogP contribution in [0.1, 0.15) is 0 Å². The van der Waals surface area contributed by atoms with Gasteiger partial charge in [0.2, 0.25) is 0 Å². The van der Waals surface area contributed by atoms with Gasteiger partial charge < -0.3 is 24.6 Å². The minimum Gasteiger partial charge on any atom is -0.474 e. The molecule has 26 heavy (non-hydrogen) atoms. The first-order chi connectivity index (χ1) is 12.6. The number of nitrogens with zero attached hydrogens (tertiary/aromatic N) is 2. The molecule has 0 aromatic heterocycles. The number of nitrogens with one attached hydrogen (secondary N) is 2. The molecule has 2 aliphatic rings. The number of hydroxylamine groups is 1. The Balaban J connectivity index is 1.67. The molecule has 10 heteroatoms. The Kier molecular flexibility index (Phi) is 6.41. The van der Waals surface area contributed by atoms with Gasteiger partial charge >= 0.3 is 0 Å². The van der Waals surface area contributed by atoms with E-state index in [4.69, 9.17) is 26.5 Å². The molecule has 7 nitrogen and oxygen atoms in total. The summed E-state index contributed by atoms with van der Waals surface area (Å²) in [5, 5.41) is 3.19. The van der Waals surface area contributed by atoms with Crippen LogP contribution in [0.4, 0.5) is 20.2 Å². The number of methoxy groups -OCH3 is 1. The Morgan fingerprint density at radius 2 is 2.12 bits per heavy atom. The lowest BCUT2D eigenvalue weighted by Crippen LogP contribution is -2.34. The van der Waals surface area contributed by atoms with Gasteiger partial charge in [-0.05, 0) is 24.4 Å². The van der Waals surface area contributed by atoms with Crippen LogP contribution in [0.5, 0.6) is 0 Å². The highest BCUT2D eigenvalue weighted by atomic mass is 32.1. The lowest BCUT2D eigenvalue weighted by molar-refractivity contribution is 0.0589. The maximum atomic E-state index is 14.6. The van der Waals surface area contributed by atoms with Crippen molar-refractivity contribution in [2.45, 2.75) is 6.10 Å². The number of halogens is 2. The van der Waals surface area contributed by atoms with Crippen molar-refractivity contribution in [2.24, 2.45) is 0 Å². The third-order valence-electron chi connectivity index (χ3n) is 4.28. The topological polar surface area (TPSA) is 58.2 Å². The fourth-order valence-electron chi connectivity index (χ4n) is 2.97. The molecule has 0 radical (unpaired) electrons. The van der Waals surface area contributed by atoms with Gasteiger partial charge in [0.15, 0.2) is 11.6 Å². The van der Waals surface area contributed by atoms with Crippen molar-refractivity contribution < 1.29 is 23.1 Å². The van der Waals surface area contributed by atoms with E-state index in [-0.39, 0.29) is 23.7 Å². The number of hydrogen-bond donors (Lipinski definition) is 2. The minimum atomic E-state index is -0.593. The van der Waals surface area contributed by atoms with Crippen LogP contribution >= 0.6 is 12.2 Å². The van der Waals surface area contributed by atoms with Crippen LogP contribution in [0.3, 0.4) is 0 Å². The van der Waals surface area contributed by atoms with Crippen molar-refractivity contribution in [2.75, 3.05) is 63.0 Å². The standard InChI is InChI=1S/C16H22F2N4O3S/c1-23-16(26)19-8-12-9-22(10-24-12)11-6-13(17)15(14(18)7-11)21-3-2-20-25-5-4-21/h6-7,12,20H,2-5,8-10H2,1H3,(H,19,26)/t12-/m0/s1. The highest BCUT2D eigenvalue weighted by Crippen LogP contribution is 2.30. The first-order valence-corrected chi connectivity index (χ1v) is 8.76. The zero-order valence-corrected chi connectivity index (χ0v) is 15.3. The Morgan fingerprint density at radius 1 is 1.35 bits per heavy atom. The molecule has 2 fully saturated rings. The second-order valence-electron chi connectivity index (χ2n) is 6.00. The maximum absolute atomic E-state index is 14.6. The van der Waals surface area contributed by atoms with E-state index in [1.54, 1.807) is 9.80 Å². The molecule has 2 saturated heterocycles. The van der Waals surface area contributed by atoms with Crippen LogP contribution in [0, 0.1) is 11.6 Å². The molecule has 2 heterocycles. The Morgan fingerprint density at radius 3 is 2.85 bits per heavy atom. The van der Waals surface area contributed by atoms with E-state index in [0.29, 0.717) is 45.0 Å². The van der Waals surface area contributed by atoms with Crippen molar-refractivity contribution in [3.63, 3.8) is 0 Å². The van der Waals surface area contributed by atoms with Gasteiger partial charge in [0.1, 0.15) is 12.4 Å². The van der Waals surface area contributed by atoms with Crippen molar-refractivity contribution in [3.8, 4) is 0 Å². The van der Waals surface area contributed by atoms with E-state index in [2.05, 4.69) is 10.8 Å². The summed E-state index contributed by atoms with van der Waals surface area (Å²) < 4.78 is 39.7. The predicted octanol–water partition coefficient (Wildman–Crippen LogP) is 0.990. The van der Waals surface area contributed by atoms with E-state index in [9.17, 15) is 8.78 Å². The number of thiocarbonyl (C=S) groups is 1. The second-order valence-corrected chi connectivity index (χ2v) is 6.37. The molecule has 0 spiro atoms. The van der Waals surface area contributed by atoms with Crippen LogP contribution in [0.2, 0.25) is 0 Å². The van der Waals surface area contributed by atoms with Crippen LogP contribution in [0.25, 0.3) is 0 Å². The van der Waals surface area contributed by atoms with Gasteiger partial charge in [0, 0.05) is 38.4 Å². The smallest absolute Gasteiger partial charge is 0.256 e. The van der Waals surface area contributed by atoms with Crippen LogP contribution in [-0.4, -0.2) is 64.4 Å². The highest BCUT2D eigenvalue weighted by Gasteiger charge is 2.26. The third-order valence-corrected chi connectivity index (χ3v) is 4.59. The number of anilines is 2. The second kappa shape index (κ2) is 8.76.